The van der Waals surface area contributed by atoms with Gasteiger partial charge in [-0.2, -0.15) is 0 Å². The highest BCUT2D eigenvalue weighted by molar-refractivity contribution is 8.13. The zero-order valence-corrected chi connectivity index (χ0v) is 12.1. The largest absolute Gasteiger partial charge is 0.300 e. The van der Waals surface area contributed by atoms with Crippen LogP contribution in [-0.2, 0) is 21.0 Å². The van der Waals surface area contributed by atoms with Crippen molar-refractivity contribution in [3.63, 3.8) is 0 Å². The Balaban J connectivity index is 3.30. The van der Waals surface area contributed by atoms with Gasteiger partial charge in [0.2, 0.25) is 0 Å². The average Bonchev–Trinajstić information content (AvgIpc) is 2.56. The summed E-state index contributed by atoms with van der Waals surface area (Å²) in [6.45, 7) is 8.49. The van der Waals surface area contributed by atoms with Crippen LogP contribution in [-0.4, -0.2) is 23.2 Å². The number of aromatic nitrogens is 3. The summed E-state index contributed by atoms with van der Waals surface area (Å²) in [6, 6.07) is 0. The van der Waals surface area contributed by atoms with Gasteiger partial charge in [-0.05, 0) is 6.42 Å². The van der Waals surface area contributed by atoms with E-state index in [1.807, 2.05) is 27.7 Å². The van der Waals surface area contributed by atoms with Crippen LogP contribution in [0.1, 0.15) is 46.4 Å². The Hall–Kier alpha value is -0.620. The van der Waals surface area contributed by atoms with Crippen molar-refractivity contribution < 1.29 is 8.42 Å². The van der Waals surface area contributed by atoms with Crippen molar-refractivity contribution in [2.45, 2.75) is 57.7 Å². The highest BCUT2D eigenvalue weighted by atomic mass is 35.7. The lowest BCUT2D eigenvalue weighted by molar-refractivity contribution is 0.468. The van der Waals surface area contributed by atoms with E-state index >= 15 is 0 Å². The zero-order chi connectivity index (χ0) is 13.3. The quantitative estimate of drug-likeness (QED) is 0.793. The second-order valence-corrected chi connectivity index (χ2v) is 7.46. The topological polar surface area (TPSA) is 64.8 Å². The fourth-order valence-electron chi connectivity index (χ4n) is 1.54. The van der Waals surface area contributed by atoms with Crippen LogP contribution < -0.4 is 0 Å². The lowest BCUT2D eigenvalue weighted by atomic mass is 9.95. The van der Waals surface area contributed by atoms with Crippen LogP contribution >= 0.6 is 10.7 Å². The second kappa shape index (κ2) is 4.94. The van der Waals surface area contributed by atoms with Gasteiger partial charge >= 0.3 is 0 Å². The predicted molar refractivity (Wildman–Crippen MR) is 66.7 cm³/mol. The molecule has 0 N–H and O–H groups in total. The first-order valence-electron chi connectivity index (χ1n) is 5.56. The Morgan fingerprint density at radius 1 is 1.29 bits per heavy atom. The molecule has 1 aromatic heterocycles. The molecule has 0 atom stereocenters. The molecular formula is C10H18ClN3O2S. The molecule has 1 heterocycles. The van der Waals surface area contributed by atoms with E-state index in [0.29, 0.717) is 12.4 Å². The Bertz CT molecular complexity index is 488. The number of hydrogen-bond donors (Lipinski definition) is 0. The Morgan fingerprint density at radius 2 is 1.88 bits per heavy atom. The van der Waals surface area contributed by atoms with Crippen molar-refractivity contribution in [2.75, 3.05) is 0 Å². The lowest BCUT2D eigenvalue weighted by Crippen LogP contribution is -2.20. The highest BCUT2D eigenvalue weighted by Gasteiger charge is 2.28. The first-order valence-corrected chi connectivity index (χ1v) is 7.87. The SMILES string of the molecule is CCCCn1c(C(C)(C)C)nnc1S(=O)(=O)Cl. The molecule has 0 fully saturated rings. The number of halogens is 1. The molecule has 0 radical (unpaired) electrons. The van der Waals surface area contributed by atoms with E-state index in [2.05, 4.69) is 10.2 Å². The minimum Gasteiger partial charge on any atom is -0.300 e. The summed E-state index contributed by atoms with van der Waals surface area (Å²) in [6.07, 6.45) is 1.82. The van der Waals surface area contributed by atoms with Gasteiger partial charge in [0.25, 0.3) is 14.2 Å². The maximum atomic E-state index is 11.4. The van der Waals surface area contributed by atoms with Gasteiger partial charge in [-0.1, -0.05) is 34.1 Å². The molecule has 0 aliphatic heterocycles. The van der Waals surface area contributed by atoms with Gasteiger partial charge in [-0.15, -0.1) is 10.2 Å². The molecule has 17 heavy (non-hydrogen) atoms. The zero-order valence-electron chi connectivity index (χ0n) is 10.6. The summed E-state index contributed by atoms with van der Waals surface area (Å²) >= 11 is 0. The van der Waals surface area contributed by atoms with E-state index in [0.717, 1.165) is 12.8 Å². The monoisotopic (exact) mass is 279 g/mol. The maximum absolute atomic E-state index is 11.4. The van der Waals surface area contributed by atoms with Gasteiger partial charge in [-0.3, -0.25) is 0 Å². The molecule has 1 rings (SSSR count). The summed E-state index contributed by atoms with van der Waals surface area (Å²) in [5, 5.41) is 7.50. The molecule has 98 valence electrons. The molecule has 7 heteroatoms. The highest BCUT2D eigenvalue weighted by Crippen LogP contribution is 2.24. The molecule has 0 saturated carbocycles. The first-order chi connectivity index (χ1) is 7.68. The van der Waals surface area contributed by atoms with Crippen LogP contribution in [0.2, 0.25) is 0 Å². The van der Waals surface area contributed by atoms with Gasteiger partial charge in [-0.25, -0.2) is 8.42 Å². The molecular weight excluding hydrogens is 262 g/mol. The van der Waals surface area contributed by atoms with Crippen LogP contribution in [0.25, 0.3) is 0 Å². The molecule has 1 aromatic rings. The number of unbranched alkanes of at least 4 members (excludes halogenated alkanes) is 1. The molecule has 0 saturated heterocycles. The average molecular weight is 280 g/mol. The molecule has 5 nitrogen and oxygen atoms in total. The number of nitrogens with zero attached hydrogens (tertiary/aromatic N) is 3. The Kier molecular flexibility index (Phi) is 4.19. The van der Waals surface area contributed by atoms with Crippen molar-refractivity contribution in [2.24, 2.45) is 0 Å². The van der Waals surface area contributed by atoms with Crippen molar-refractivity contribution in [3.8, 4) is 0 Å². The van der Waals surface area contributed by atoms with E-state index in [-0.39, 0.29) is 10.6 Å². The molecule has 0 aliphatic carbocycles. The summed E-state index contributed by atoms with van der Waals surface area (Å²) in [5.74, 6) is 0.644. The standard InChI is InChI=1S/C10H18ClN3O2S/c1-5-6-7-14-8(10(2,3)4)12-13-9(14)17(11,15)16/h5-7H2,1-4H3. The van der Waals surface area contributed by atoms with Crippen molar-refractivity contribution in [3.05, 3.63) is 5.82 Å². The van der Waals surface area contributed by atoms with Crippen molar-refractivity contribution in [1.82, 2.24) is 14.8 Å². The maximum Gasteiger partial charge on any atom is 0.296 e. The van der Waals surface area contributed by atoms with Gasteiger partial charge in [0.15, 0.2) is 0 Å². The summed E-state index contributed by atoms with van der Waals surface area (Å²) in [4.78, 5) is 0. The van der Waals surface area contributed by atoms with Crippen molar-refractivity contribution in [1.29, 1.82) is 0 Å². The van der Waals surface area contributed by atoms with E-state index in [1.165, 1.54) is 0 Å². The second-order valence-electron chi connectivity index (χ2n) is 5.00. The van der Waals surface area contributed by atoms with E-state index in [1.54, 1.807) is 4.57 Å². The Labute approximate surface area is 107 Å². The molecule has 0 aromatic carbocycles. The number of rotatable bonds is 4. The van der Waals surface area contributed by atoms with Gasteiger partial charge < -0.3 is 4.57 Å². The molecule has 0 amide bonds. The lowest BCUT2D eigenvalue weighted by Gasteiger charge is -2.19. The molecule has 0 aliphatic rings. The molecule has 0 bridgehead atoms. The molecule has 0 unspecified atom stereocenters. The van der Waals surface area contributed by atoms with Crippen molar-refractivity contribution >= 4 is 19.7 Å². The molecule has 0 spiro atoms. The minimum atomic E-state index is -3.84. The van der Waals surface area contributed by atoms with Crippen LogP contribution in [0.3, 0.4) is 0 Å². The van der Waals surface area contributed by atoms with Crippen LogP contribution in [0.4, 0.5) is 0 Å². The van der Waals surface area contributed by atoms with E-state index < -0.39 is 9.05 Å². The normalized spacial score (nSPS) is 13.0. The van der Waals surface area contributed by atoms with E-state index in [9.17, 15) is 8.42 Å². The van der Waals surface area contributed by atoms with Crippen LogP contribution in [0.15, 0.2) is 5.16 Å². The fraction of sp³-hybridized carbons (Fsp3) is 0.800. The first kappa shape index (κ1) is 14.4. The van der Waals surface area contributed by atoms with Crippen LogP contribution in [0.5, 0.6) is 0 Å². The van der Waals surface area contributed by atoms with Crippen LogP contribution in [0, 0.1) is 0 Å². The van der Waals surface area contributed by atoms with Gasteiger partial charge in [0, 0.05) is 22.6 Å². The fourth-order valence-corrected chi connectivity index (χ4v) is 2.46. The summed E-state index contributed by atoms with van der Waals surface area (Å²) < 4.78 is 24.4. The third-order valence-electron chi connectivity index (χ3n) is 2.34. The van der Waals surface area contributed by atoms with E-state index in [4.69, 9.17) is 10.7 Å². The smallest absolute Gasteiger partial charge is 0.296 e. The van der Waals surface area contributed by atoms with Gasteiger partial charge in [0.1, 0.15) is 5.82 Å². The minimum absolute atomic E-state index is 0.155. The van der Waals surface area contributed by atoms with Gasteiger partial charge in [0.05, 0.1) is 0 Å². The number of hydrogen-bond acceptors (Lipinski definition) is 4. The third-order valence-corrected chi connectivity index (χ3v) is 3.49. The summed E-state index contributed by atoms with van der Waals surface area (Å²) in [5.41, 5.74) is -0.263. The Morgan fingerprint density at radius 3 is 2.29 bits per heavy atom. The third kappa shape index (κ3) is 3.42. The summed E-state index contributed by atoms with van der Waals surface area (Å²) in [7, 11) is 1.51. The predicted octanol–water partition coefficient (Wildman–Crippen LogP) is 2.30.